The Bertz CT molecular complexity index is 1040. The molecule has 0 aliphatic carbocycles. The largest absolute Gasteiger partial charge is 0.504 e. The number of carbonyl (C=O) groups excluding carboxylic acids is 1. The van der Waals surface area contributed by atoms with E-state index in [4.69, 9.17) is 4.74 Å². The molecule has 1 aliphatic heterocycles. The minimum absolute atomic E-state index is 0.000791. The van der Waals surface area contributed by atoms with E-state index >= 15 is 0 Å². The summed E-state index contributed by atoms with van der Waals surface area (Å²) in [6.45, 7) is 4.11. The first-order chi connectivity index (χ1) is 13.0. The van der Waals surface area contributed by atoms with Crippen LogP contribution in [0.4, 0.5) is 5.69 Å². The van der Waals surface area contributed by atoms with Gasteiger partial charge >= 0.3 is 0 Å². The molecule has 0 bridgehead atoms. The Morgan fingerprint density at radius 1 is 1.19 bits per heavy atom. The first kappa shape index (κ1) is 17.1. The van der Waals surface area contributed by atoms with E-state index in [0.29, 0.717) is 17.9 Å². The van der Waals surface area contributed by atoms with Crippen molar-refractivity contribution in [1.29, 1.82) is 0 Å². The zero-order valence-electron chi connectivity index (χ0n) is 15.5. The minimum atomic E-state index is -0.183. The van der Waals surface area contributed by atoms with Crippen LogP contribution >= 0.6 is 0 Å². The van der Waals surface area contributed by atoms with Crippen LogP contribution in [0.25, 0.3) is 11.3 Å². The number of amides is 1. The zero-order valence-corrected chi connectivity index (χ0v) is 15.5. The van der Waals surface area contributed by atoms with Crippen LogP contribution in [0.3, 0.4) is 0 Å². The summed E-state index contributed by atoms with van der Waals surface area (Å²) in [5.41, 5.74) is 6.72. The molecule has 2 aromatic carbocycles. The van der Waals surface area contributed by atoms with Crippen molar-refractivity contribution < 1.29 is 14.6 Å². The number of fused-ring (bicyclic) bond motifs is 1. The number of aromatic amines is 1. The summed E-state index contributed by atoms with van der Waals surface area (Å²) in [5.74, 6) is 0.105. The molecule has 138 valence electrons. The maximum Gasteiger partial charge on any atom is 0.225 e. The third-order valence-corrected chi connectivity index (χ3v) is 5.10. The lowest BCUT2D eigenvalue weighted by molar-refractivity contribution is -0.116. The Hall–Kier alpha value is -3.28. The Morgan fingerprint density at radius 3 is 2.78 bits per heavy atom. The highest BCUT2D eigenvalue weighted by atomic mass is 16.5. The standard InChI is InChI=1S/C21H21N3O3/c1-11-4-5-12(2)13(6-11)21-16(10-22-24-21)14-8-20(26)23-17-9-18(25)19(27-3)7-15(14)17/h4-7,9-10,14,25H,8H2,1-3H3,(H,22,24)(H,23,26)/t14-/m1/s1. The second kappa shape index (κ2) is 6.46. The van der Waals surface area contributed by atoms with Crippen molar-refractivity contribution in [2.75, 3.05) is 12.4 Å². The molecule has 0 saturated heterocycles. The van der Waals surface area contributed by atoms with E-state index in [-0.39, 0.29) is 17.6 Å². The van der Waals surface area contributed by atoms with Gasteiger partial charge in [0.05, 0.1) is 19.0 Å². The normalized spacial score (nSPS) is 16.0. The van der Waals surface area contributed by atoms with Crippen LogP contribution in [0.5, 0.6) is 11.5 Å². The molecule has 1 aromatic heterocycles. The van der Waals surface area contributed by atoms with Crippen molar-refractivity contribution in [3.63, 3.8) is 0 Å². The lowest BCUT2D eigenvalue weighted by Gasteiger charge is -2.27. The average molecular weight is 363 g/mol. The molecule has 4 rings (SSSR count). The zero-order chi connectivity index (χ0) is 19.1. The number of ether oxygens (including phenoxy) is 1. The number of benzene rings is 2. The maximum absolute atomic E-state index is 12.3. The maximum atomic E-state index is 12.3. The van der Waals surface area contributed by atoms with Gasteiger partial charge in [0.25, 0.3) is 0 Å². The molecule has 1 atom stereocenters. The summed E-state index contributed by atoms with van der Waals surface area (Å²) in [5, 5.41) is 20.3. The summed E-state index contributed by atoms with van der Waals surface area (Å²) in [4.78, 5) is 12.3. The van der Waals surface area contributed by atoms with Crippen molar-refractivity contribution in [2.45, 2.75) is 26.2 Å². The van der Waals surface area contributed by atoms with E-state index in [0.717, 1.165) is 33.5 Å². The molecule has 6 heteroatoms. The molecular weight excluding hydrogens is 342 g/mol. The molecule has 6 nitrogen and oxygen atoms in total. The van der Waals surface area contributed by atoms with Crippen molar-refractivity contribution in [1.82, 2.24) is 10.2 Å². The van der Waals surface area contributed by atoms with Crippen LogP contribution < -0.4 is 10.1 Å². The number of aromatic nitrogens is 2. The molecule has 0 radical (unpaired) electrons. The van der Waals surface area contributed by atoms with Crippen LogP contribution in [-0.4, -0.2) is 28.3 Å². The smallest absolute Gasteiger partial charge is 0.225 e. The Balaban J connectivity index is 1.88. The number of hydrogen-bond donors (Lipinski definition) is 3. The number of H-pyrrole nitrogens is 1. The number of rotatable bonds is 3. The highest BCUT2D eigenvalue weighted by Crippen LogP contribution is 2.44. The quantitative estimate of drug-likeness (QED) is 0.659. The Morgan fingerprint density at radius 2 is 2.00 bits per heavy atom. The fraction of sp³-hybridized carbons (Fsp3) is 0.238. The van der Waals surface area contributed by atoms with Crippen LogP contribution in [0.15, 0.2) is 36.5 Å². The van der Waals surface area contributed by atoms with E-state index in [1.54, 1.807) is 12.3 Å². The Labute approximate surface area is 157 Å². The van der Waals surface area contributed by atoms with Gasteiger partial charge in [0.15, 0.2) is 11.5 Å². The second-order valence-corrected chi connectivity index (χ2v) is 6.93. The van der Waals surface area contributed by atoms with Gasteiger partial charge in [-0.05, 0) is 37.1 Å². The summed E-state index contributed by atoms with van der Waals surface area (Å²) >= 11 is 0. The molecule has 1 amide bonds. The van der Waals surface area contributed by atoms with Crippen LogP contribution in [0, 0.1) is 13.8 Å². The number of aryl methyl sites for hydroxylation is 2. The molecule has 27 heavy (non-hydrogen) atoms. The van der Waals surface area contributed by atoms with Gasteiger partial charge in [-0.15, -0.1) is 0 Å². The molecule has 0 spiro atoms. The molecule has 2 heterocycles. The molecule has 0 unspecified atom stereocenters. The number of aromatic hydroxyl groups is 1. The number of anilines is 1. The minimum Gasteiger partial charge on any atom is -0.504 e. The molecule has 1 aliphatic rings. The van der Waals surface area contributed by atoms with E-state index in [9.17, 15) is 9.90 Å². The fourth-order valence-corrected chi connectivity index (χ4v) is 3.70. The molecule has 0 saturated carbocycles. The lowest BCUT2D eigenvalue weighted by Crippen LogP contribution is -2.23. The predicted molar refractivity (Wildman–Crippen MR) is 103 cm³/mol. The van der Waals surface area contributed by atoms with Crippen LogP contribution in [-0.2, 0) is 4.79 Å². The summed E-state index contributed by atoms with van der Waals surface area (Å²) in [7, 11) is 1.51. The summed E-state index contributed by atoms with van der Waals surface area (Å²) < 4.78 is 5.27. The van der Waals surface area contributed by atoms with Gasteiger partial charge in [-0.1, -0.05) is 17.7 Å². The highest BCUT2D eigenvalue weighted by Gasteiger charge is 2.31. The van der Waals surface area contributed by atoms with Gasteiger partial charge in [0.1, 0.15) is 0 Å². The van der Waals surface area contributed by atoms with Crippen molar-refractivity contribution >= 4 is 11.6 Å². The molecule has 3 N–H and O–H groups in total. The predicted octanol–water partition coefficient (Wildman–Crippen LogP) is 3.88. The number of carbonyl (C=O) groups is 1. The van der Waals surface area contributed by atoms with Gasteiger partial charge < -0.3 is 15.2 Å². The van der Waals surface area contributed by atoms with Crippen LogP contribution in [0.2, 0.25) is 0 Å². The van der Waals surface area contributed by atoms with E-state index in [1.807, 2.05) is 0 Å². The third kappa shape index (κ3) is 2.93. The lowest BCUT2D eigenvalue weighted by atomic mass is 9.83. The number of hydrogen-bond acceptors (Lipinski definition) is 4. The highest BCUT2D eigenvalue weighted by molar-refractivity contribution is 5.96. The topological polar surface area (TPSA) is 87.2 Å². The molecule has 0 fully saturated rings. The molecular formula is C21H21N3O3. The monoisotopic (exact) mass is 363 g/mol. The number of nitrogens with one attached hydrogen (secondary N) is 2. The first-order valence-corrected chi connectivity index (χ1v) is 8.79. The Kier molecular flexibility index (Phi) is 4.11. The second-order valence-electron chi connectivity index (χ2n) is 6.93. The van der Waals surface area contributed by atoms with Crippen LogP contribution in [0.1, 0.15) is 34.6 Å². The fourth-order valence-electron chi connectivity index (χ4n) is 3.70. The number of phenols is 1. The van der Waals surface area contributed by atoms with E-state index < -0.39 is 0 Å². The SMILES string of the molecule is COc1cc2c(cc1O)NC(=O)C[C@H]2c1cn[nH]c1-c1cc(C)ccc1C. The first-order valence-electron chi connectivity index (χ1n) is 8.79. The van der Waals surface area contributed by atoms with E-state index in [1.165, 1.54) is 13.2 Å². The van der Waals surface area contributed by atoms with Crippen molar-refractivity contribution in [2.24, 2.45) is 0 Å². The van der Waals surface area contributed by atoms with Gasteiger partial charge in [-0.3, -0.25) is 9.89 Å². The van der Waals surface area contributed by atoms with Gasteiger partial charge in [0, 0.05) is 35.2 Å². The average Bonchev–Trinajstić information content (AvgIpc) is 3.11. The molecule has 3 aromatic rings. The van der Waals surface area contributed by atoms with E-state index in [2.05, 4.69) is 47.6 Å². The number of phenolic OH excluding ortho intramolecular Hbond substituents is 1. The third-order valence-electron chi connectivity index (χ3n) is 5.10. The van der Waals surface area contributed by atoms with Gasteiger partial charge in [0.2, 0.25) is 5.91 Å². The van der Waals surface area contributed by atoms with Crippen molar-refractivity contribution in [3.05, 3.63) is 58.8 Å². The summed E-state index contributed by atoms with van der Waals surface area (Å²) in [6, 6.07) is 9.60. The van der Waals surface area contributed by atoms with Gasteiger partial charge in [-0.2, -0.15) is 5.10 Å². The van der Waals surface area contributed by atoms with Gasteiger partial charge in [-0.25, -0.2) is 0 Å². The number of methoxy groups -OCH3 is 1. The van der Waals surface area contributed by atoms with Crippen molar-refractivity contribution in [3.8, 4) is 22.8 Å². The number of nitrogens with zero attached hydrogens (tertiary/aromatic N) is 1. The summed E-state index contributed by atoms with van der Waals surface area (Å²) in [6.07, 6.45) is 2.09.